The summed E-state index contributed by atoms with van der Waals surface area (Å²) >= 11 is 0. The zero-order valence-electron chi connectivity index (χ0n) is 7.88. The van der Waals surface area contributed by atoms with Gasteiger partial charge in [0, 0.05) is 6.20 Å². The van der Waals surface area contributed by atoms with Gasteiger partial charge in [0.15, 0.2) is 5.95 Å². The maximum absolute atomic E-state index is 5.53. The smallest absolute Gasteiger partial charge is 0.197 e. The number of H-pyrrole nitrogens is 1. The largest absolute Gasteiger partial charge is 0.369 e. The van der Waals surface area contributed by atoms with Crippen LogP contribution in [-0.4, -0.2) is 19.4 Å². The van der Waals surface area contributed by atoms with Crippen LogP contribution in [0.3, 0.4) is 0 Å². The molecular weight excluding hydrogens is 190 g/mol. The van der Waals surface area contributed by atoms with Gasteiger partial charge in [-0.3, -0.25) is 4.40 Å². The number of aromatic nitrogens is 4. The van der Waals surface area contributed by atoms with Crippen LogP contribution in [0.15, 0.2) is 36.8 Å². The standard InChI is InChI=1S/C10H9N5/c11-10-13-5-7(14-10)8-6-12-9-3-1-2-4-15(8)9/h1-6H,(H3,11,13,14). The van der Waals surface area contributed by atoms with Gasteiger partial charge in [-0.1, -0.05) is 6.07 Å². The van der Waals surface area contributed by atoms with E-state index in [0.29, 0.717) is 5.95 Å². The van der Waals surface area contributed by atoms with Gasteiger partial charge in [0.05, 0.1) is 23.8 Å². The number of hydrogen-bond donors (Lipinski definition) is 2. The van der Waals surface area contributed by atoms with Crippen molar-refractivity contribution in [2.75, 3.05) is 5.73 Å². The molecule has 3 N–H and O–H groups in total. The minimum absolute atomic E-state index is 0.413. The van der Waals surface area contributed by atoms with Crippen LogP contribution in [0.4, 0.5) is 5.95 Å². The maximum Gasteiger partial charge on any atom is 0.197 e. The quantitative estimate of drug-likeness (QED) is 0.620. The van der Waals surface area contributed by atoms with Crippen molar-refractivity contribution in [3.05, 3.63) is 36.8 Å². The molecule has 3 aromatic heterocycles. The fourth-order valence-electron chi connectivity index (χ4n) is 1.60. The average Bonchev–Trinajstić information content (AvgIpc) is 2.83. The van der Waals surface area contributed by atoms with Gasteiger partial charge in [-0.15, -0.1) is 0 Å². The highest BCUT2D eigenvalue weighted by Crippen LogP contribution is 2.18. The van der Waals surface area contributed by atoms with Crippen molar-refractivity contribution >= 4 is 11.6 Å². The van der Waals surface area contributed by atoms with Crippen molar-refractivity contribution in [3.8, 4) is 11.4 Å². The third-order valence-electron chi connectivity index (χ3n) is 2.29. The number of anilines is 1. The van der Waals surface area contributed by atoms with Crippen LogP contribution in [0.2, 0.25) is 0 Å². The van der Waals surface area contributed by atoms with Crippen molar-refractivity contribution in [2.24, 2.45) is 0 Å². The lowest BCUT2D eigenvalue weighted by atomic mass is 10.3. The number of nitrogens with zero attached hydrogens (tertiary/aromatic N) is 3. The molecule has 5 heteroatoms. The van der Waals surface area contributed by atoms with E-state index in [1.165, 1.54) is 0 Å². The molecule has 0 fully saturated rings. The number of rotatable bonds is 1. The van der Waals surface area contributed by atoms with Gasteiger partial charge >= 0.3 is 0 Å². The second kappa shape index (κ2) is 2.84. The van der Waals surface area contributed by atoms with Crippen molar-refractivity contribution in [1.82, 2.24) is 19.4 Å². The van der Waals surface area contributed by atoms with Gasteiger partial charge in [0.1, 0.15) is 5.65 Å². The minimum atomic E-state index is 0.413. The van der Waals surface area contributed by atoms with Crippen molar-refractivity contribution in [1.29, 1.82) is 0 Å². The van der Waals surface area contributed by atoms with Gasteiger partial charge < -0.3 is 10.7 Å². The molecule has 3 heterocycles. The van der Waals surface area contributed by atoms with Crippen LogP contribution in [0, 0.1) is 0 Å². The summed E-state index contributed by atoms with van der Waals surface area (Å²) in [5.74, 6) is 0.413. The first kappa shape index (κ1) is 8.05. The lowest BCUT2D eigenvalue weighted by molar-refractivity contribution is 1.18. The Morgan fingerprint density at radius 1 is 1.20 bits per heavy atom. The van der Waals surface area contributed by atoms with Gasteiger partial charge in [0.25, 0.3) is 0 Å². The fraction of sp³-hybridized carbons (Fsp3) is 0. The number of nitrogen functional groups attached to an aromatic ring is 1. The van der Waals surface area contributed by atoms with Gasteiger partial charge in [0.2, 0.25) is 0 Å². The number of imidazole rings is 2. The molecule has 0 saturated heterocycles. The molecule has 0 bridgehead atoms. The summed E-state index contributed by atoms with van der Waals surface area (Å²) in [5.41, 5.74) is 8.26. The highest BCUT2D eigenvalue weighted by atomic mass is 15.1. The number of aromatic amines is 1. The van der Waals surface area contributed by atoms with E-state index in [1.54, 1.807) is 12.4 Å². The predicted molar refractivity (Wildman–Crippen MR) is 57.2 cm³/mol. The van der Waals surface area contributed by atoms with Crippen LogP contribution in [0.25, 0.3) is 17.0 Å². The molecule has 0 saturated carbocycles. The van der Waals surface area contributed by atoms with Crippen LogP contribution in [-0.2, 0) is 0 Å². The Morgan fingerprint density at radius 2 is 2.13 bits per heavy atom. The molecule has 3 rings (SSSR count). The Morgan fingerprint density at radius 3 is 2.93 bits per heavy atom. The van der Waals surface area contributed by atoms with Gasteiger partial charge in [-0.05, 0) is 12.1 Å². The van der Waals surface area contributed by atoms with E-state index in [0.717, 1.165) is 17.0 Å². The maximum atomic E-state index is 5.53. The Balaban J connectivity index is 2.27. The lowest BCUT2D eigenvalue weighted by Gasteiger charge is -1.97. The second-order valence-corrected chi connectivity index (χ2v) is 3.25. The summed E-state index contributed by atoms with van der Waals surface area (Å²) in [4.78, 5) is 11.2. The first-order chi connectivity index (χ1) is 7.34. The third kappa shape index (κ3) is 1.17. The number of nitrogens with one attached hydrogen (secondary N) is 1. The molecule has 3 aromatic rings. The van der Waals surface area contributed by atoms with Crippen LogP contribution in [0.1, 0.15) is 0 Å². The second-order valence-electron chi connectivity index (χ2n) is 3.25. The molecule has 0 atom stereocenters. The predicted octanol–water partition coefficient (Wildman–Crippen LogP) is 1.31. The Hall–Kier alpha value is -2.30. The van der Waals surface area contributed by atoms with Crippen LogP contribution >= 0.6 is 0 Å². The summed E-state index contributed by atoms with van der Waals surface area (Å²) in [5, 5.41) is 0. The molecule has 15 heavy (non-hydrogen) atoms. The van der Waals surface area contributed by atoms with E-state index >= 15 is 0 Å². The molecule has 74 valence electrons. The SMILES string of the molecule is Nc1ncc(-c2cnc3ccccn23)[nH]1. The first-order valence-corrected chi connectivity index (χ1v) is 4.57. The molecule has 0 aromatic carbocycles. The summed E-state index contributed by atoms with van der Waals surface area (Å²) in [6.45, 7) is 0. The highest BCUT2D eigenvalue weighted by Gasteiger charge is 2.06. The molecule has 0 aliphatic heterocycles. The summed E-state index contributed by atoms with van der Waals surface area (Å²) in [7, 11) is 0. The summed E-state index contributed by atoms with van der Waals surface area (Å²) in [6.07, 6.45) is 5.45. The number of fused-ring (bicyclic) bond motifs is 1. The van der Waals surface area contributed by atoms with E-state index in [1.807, 2.05) is 28.8 Å². The number of nitrogens with two attached hydrogens (primary N) is 1. The van der Waals surface area contributed by atoms with Gasteiger partial charge in [-0.2, -0.15) is 0 Å². The van der Waals surface area contributed by atoms with Crippen molar-refractivity contribution in [2.45, 2.75) is 0 Å². The number of hydrogen-bond acceptors (Lipinski definition) is 3. The van der Waals surface area contributed by atoms with Gasteiger partial charge in [-0.25, -0.2) is 9.97 Å². The normalized spacial score (nSPS) is 10.9. The molecule has 0 unspecified atom stereocenters. The molecule has 0 amide bonds. The van der Waals surface area contributed by atoms with Crippen molar-refractivity contribution in [3.63, 3.8) is 0 Å². The fourth-order valence-corrected chi connectivity index (χ4v) is 1.60. The monoisotopic (exact) mass is 199 g/mol. The van der Waals surface area contributed by atoms with E-state index < -0.39 is 0 Å². The van der Waals surface area contributed by atoms with Crippen LogP contribution in [0.5, 0.6) is 0 Å². The molecule has 0 spiro atoms. The van der Waals surface area contributed by atoms with E-state index in [9.17, 15) is 0 Å². The third-order valence-corrected chi connectivity index (χ3v) is 2.29. The zero-order valence-corrected chi connectivity index (χ0v) is 7.88. The average molecular weight is 199 g/mol. The molecule has 0 aliphatic carbocycles. The highest BCUT2D eigenvalue weighted by molar-refractivity contribution is 5.60. The minimum Gasteiger partial charge on any atom is -0.369 e. The molecule has 0 aliphatic rings. The Bertz CT molecular complexity index is 607. The topological polar surface area (TPSA) is 72.0 Å². The van der Waals surface area contributed by atoms with E-state index in [-0.39, 0.29) is 0 Å². The molecule has 5 nitrogen and oxygen atoms in total. The lowest BCUT2D eigenvalue weighted by Crippen LogP contribution is -1.88. The van der Waals surface area contributed by atoms with Crippen molar-refractivity contribution < 1.29 is 0 Å². The Labute approximate surface area is 85.6 Å². The molecular formula is C10H9N5. The van der Waals surface area contributed by atoms with E-state index in [2.05, 4.69) is 15.0 Å². The number of pyridine rings is 1. The zero-order chi connectivity index (χ0) is 10.3. The molecule has 0 radical (unpaired) electrons. The van der Waals surface area contributed by atoms with Crippen LogP contribution < -0.4 is 5.73 Å². The summed E-state index contributed by atoms with van der Waals surface area (Å²) < 4.78 is 1.98. The first-order valence-electron chi connectivity index (χ1n) is 4.57. The van der Waals surface area contributed by atoms with E-state index in [4.69, 9.17) is 5.73 Å². The summed E-state index contributed by atoms with van der Waals surface area (Å²) in [6, 6.07) is 5.86. The Kier molecular flexibility index (Phi) is 1.53.